The minimum Gasteiger partial charge on any atom is -0.497 e. The van der Waals surface area contributed by atoms with E-state index < -0.39 is 0 Å². The van der Waals surface area contributed by atoms with Gasteiger partial charge in [0, 0.05) is 5.56 Å². The van der Waals surface area contributed by atoms with Crippen LogP contribution in [0.4, 0.5) is 0 Å². The van der Waals surface area contributed by atoms with Gasteiger partial charge in [-0.3, -0.25) is 4.79 Å². The lowest BCUT2D eigenvalue weighted by atomic mass is 9.84. The van der Waals surface area contributed by atoms with Crippen LogP contribution in [0.5, 0.6) is 5.75 Å². The number of Topliss-reactive ketones (excluding diaryl/α,β-unsaturated/α-hetero) is 1. The molecule has 1 N–H and O–H groups in total. The molecule has 0 radical (unpaired) electrons. The Balaban J connectivity index is 2.33. The van der Waals surface area contributed by atoms with Crippen molar-refractivity contribution in [3.63, 3.8) is 0 Å². The largest absolute Gasteiger partial charge is 0.497 e. The second-order valence-electron chi connectivity index (χ2n) is 4.98. The molecule has 1 atom stereocenters. The molecule has 3 nitrogen and oxygen atoms in total. The third kappa shape index (κ3) is 2.15. The van der Waals surface area contributed by atoms with Gasteiger partial charge in [0.15, 0.2) is 5.78 Å². The number of aryl methyl sites for hydroxylation is 1. The predicted molar refractivity (Wildman–Crippen MR) is 72.3 cm³/mol. The van der Waals surface area contributed by atoms with Gasteiger partial charge in [-0.15, -0.1) is 0 Å². The lowest BCUT2D eigenvalue weighted by molar-refractivity contribution is 0.0863. The summed E-state index contributed by atoms with van der Waals surface area (Å²) in [6.45, 7) is 4.98. The Morgan fingerprint density at radius 3 is 2.78 bits per heavy atom. The van der Waals surface area contributed by atoms with E-state index in [9.17, 15) is 4.79 Å². The van der Waals surface area contributed by atoms with E-state index in [-0.39, 0.29) is 11.3 Å². The Morgan fingerprint density at radius 1 is 1.50 bits per heavy atom. The first kappa shape index (κ1) is 13.1. The summed E-state index contributed by atoms with van der Waals surface area (Å²) < 4.78 is 5.18. The zero-order chi connectivity index (χ0) is 13.2. The summed E-state index contributed by atoms with van der Waals surface area (Å²) in [5.41, 5.74) is 1.45. The third-order valence-corrected chi connectivity index (χ3v) is 3.96. The van der Waals surface area contributed by atoms with Gasteiger partial charge in [-0.2, -0.15) is 0 Å². The van der Waals surface area contributed by atoms with E-state index in [1.54, 1.807) is 7.11 Å². The van der Waals surface area contributed by atoms with Crippen molar-refractivity contribution in [2.24, 2.45) is 0 Å². The quantitative estimate of drug-likeness (QED) is 0.831. The fourth-order valence-corrected chi connectivity index (χ4v) is 2.74. The van der Waals surface area contributed by atoms with E-state index in [2.05, 4.69) is 12.2 Å². The van der Waals surface area contributed by atoms with Crippen molar-refractivity contribution >= 4 is 5.78 Å². The van der Waals surface area contributed by atoms with Gasteiger partial charge in [-0.25, -0.2) is 0 Å². The number of hydrogen-bond donors (Lipinski definition) is 1. The lowest BCUT2D eigenvalue weighted by Crippen LogP contribution is -2.47. The molecule has 0 saturated carbocycles. The average Bonchev–Trinajstić information content (AvgIpc) is 2.87. The van der Waals surface area contributed by atoms with Crippen molar-refractivity contribution in [1.29, 1.82) is 0 Å². The summed E-state index contributed by atoms with van der Waals surface area (Å²) in [7, 11) is 1.64. The molecule has 1 aromatic carbocycles. The van der Waals surface area contributed by atoms with Crippen LogP contribution in [-0.2, 0) is 0 Å². The number of ketones is 1. The first-order valence-electron chi connectivity index (χ1n) is 6.57. The number of nitrogens with one attached hydrogen (secondary N) is 1. The lowest BCUT2D eigenvalue weighted by Gasteiger charge is -2.27. The van der Waals surface area contributed by atoms with Crippen molar-refractivity contribution in [1.82, 2.24) is 5.32 Å². The van der Waals surface area contributed by atoms with Crippen LogP contribution in [0.2, 0.25) is 0 Å². The van der Waals surface area contributed by atoms with Gasteiger partial charge in [0.1, 0.15) is 5.75 Å². The molecule has 1 aliphatic rings. The van der Waals surface area contributed by atoms with Crippen LogP contribution in [0.15, 0.2) is 18.2 Å². The van der Waals surface area contributed by atoms with Crippen molar-refractivity contribution in [3.8, 4) is 5.75 Å². The van der Waals surface area contributed by atoms with Crippen molar-refractivity contribution in [3.05, 3.63) is 29.3 Å². The monoisotopic (exact) mass is 247 g/mol. The summed E-state index contributed by atoms with van der Waals surface area (Å²) in [6.07, 6.45) is 2.86. The third-order valence-electron chi connectivity index (χ3n) is 3.96. The Labute approximate surface area is 109 Å². The standard InChI is InChI=1S/C15H21NO2/c1-4-15(8-5-9-16-15)14(17)13-7-6-12(18-3)10-11(13)2/h6-7,10,16H,4-5,8-9H2,1-3H3. The van der Waals surface area contributed by atoms with Gasteiger partial charge in [0.05, 0.1) is 12.6 Å². The van der Waals surface area contributed by atoms with Crippen molar-refractivity contribution in [2.75, 3.05) is 13.7 Å². The molecule has 98 valence electrons. The summed E-state index contributed by atoms with van der Waals surface area (Å²) in [5, 5.41) is 3.39. The van der Waals surface area contributed by atoms with Crippen LogP contribution in [0, 0.1) is 6.92 Å². The second kappa shape index (κ2) is 5.11. The average molecular weight is 247 g/mol. The van der Waals surface area contributed by atoms with Gasteiger partial charge < -0.3 is 10.1 Å². The fourth-order valence-electron chi connectivity index (χ4n) is 2.74. The molecular formula is C15H21NO2. The maximum atomic E-state index is 12.7. The topological polar surface area (TPSA) is 38.3 Å². The maximum Gasteiger partial charge on any atom is 0.183 e. The molecule has 1 fully saturated rings. The molecule has 0 bridgehead atoms. The molecule has 0 aromatic heterocycles. The Hall–Kier alpha value is -1.35. The van der Waals surface area contributed by atoms with Crippen LogP contribution in [0.25, 0.3) is 0 Å². The van der Waals surface area contributed by atoms with Crippen LogP contribution in [-0.4, -0.2) is 25.0 Å². The number of carbonyl (C=O) groups excluding carboxylic acids is 1. The molecule has 0 aliphatic carbocycles. The Kier molecular flexibility index (Phi) is 3.71. The van der Waals surface area contributed by atoms with E-state index in [0.29, 0.717) is 0 Å². The van der Waals surface area contributed by atoms with Gasteiger partial charge >= 0.3 is 0 Å². The van der Waals surface area contributed by atoms with E-state index in [0.717, 1.165) is 42.7 Å². The molecule has 1 aliphatic heterocycles. The van der Waals surface area contributed by atoms with Gasteiger partial charge in [0.2, 0.25) is 0 Å². The smallest absolute Gasteiger partial charge is 0.183 e. The van der Waals surface area contributed by atoms with Crippen LogP contribution >= 0.6 is 0 Å². The molecule has 0 amide bonds. The summed E-state index contributed by atoms with van der Waals surface area (Å²) in [4.78, 5) is 12.7. The first-order chi connectivity index (χ1) is 8.63. The zero-order valence-electron chi connectivity index (χ0n) is 11.4. The number of benzene rings is 1. The molecule has 0 spiro atoms. The fraction of sp³-hybridized carbons (Fsp3) is 0.533. The van der Waals surface area contributed by atoms with Gasteiger partial charge in [-0.1, -0.05) is 6.92 Å². The highest BCUT2D eigenvalue weighted by Crippen LogP contribution is 2.29. The molecular weight excluding hydrogens is 226 g/mol. The maximum absolute atomic E-state index is 12.7. The van der Waals surface area contributed by atoms with Gasteiger partial charge in [0.25, 0.3) is 0 Å². The number of hydrogen-bond acceptors (Lipinski definition) is 3. The molecule has 1 aromatic rings. The summed E-state index contributed by atoms with van der Waals surface area (Å²) >= 11 is 0. The van der Waals surface area contributed by atoms with Crippen LogP contribution in [0.3, 0.4) is 0 Å². The Bertz CT molecular complexity index is 448. The van der Waals surface area contributed by atoms with Crippen molar-refractivity contribution in [2.45, 2.75) is 38.6 Å². The number of ether oxygens (including phenoxy) is 1. The number of carbonyl (C=O) groups is 1. The van der Waals surface area contributed by atoms with E-state index in [1.165, 1.54) is 0 Å². The highest BCUT2D eigenvalue weighted by molar-refractivity contribution is 6.04. The number of rotatable bonds is 4. The Morgan fingerprint density at radius 2 is 2.28 bits per heavy atom. The molecule has 3 heteroatoms. The molecule has 1 heterocycles. The minimum atomic E-state index is -0.348. The molecule has 2 rings (SSSR count). The summed E-state index contributed by atoms with van der Waals surface area (Å²) in [5.74, 6) is 1.02. The predicted octanol–water partition coefficient (Wildman–Crippen LogP) is 2.72. The highest BCUT2D eigenvalue weighted by Gasteiger charge is 2.39. The highest BCUT2D eigenvalue weighted by atomic mass is 16.5. The molecule has 1 unspecified atom stereocenters. The van der Waals surface area contributed by atoms with E-state index in [1.807, 2.05) is 25.1 Å². The normalized spacial score (nSPS) is 23.1. The van der Waals surface area contributed by atoms with Crippen molar-refractivity contribution < 1.29 is 9.53 Å². The second-order valence-corrected chi connectivity index (χ2v) is 4.98. The van der Waals surface area contributed by atoms with Crippen LogP contribution in [0.1, 0.15) is 42.1 Å². The number of methoxy groups -OCH3 is 1. The first-order valence-corrected chi connectivity index (χ1v) is 6.57. The molecule has 18 heavy (non-hydrogen) atoms. The SMILES string of the molecule is CCC1(C(=O)c2ccc(OC)cc2C)CCCN1. The van der Waals surface area contributed by atoms with Gasteiger partial charge in [-0.05, 0) is 56.5 Å². The zero-order valence-corrected chi connectivity index (χ0v) is 11.4. The van der Waals surface area contributed by atoms with Crippen LogP contribution < -0.4 is 10.1 Å². The minimum absolute atomic E-state index is 0.225. The van der Waals surface area contributed by atoms with E-state index in [4.69, 9.17) is 4.74 Å². The van der Waals surface area contributed by atoms with E-state index >= 15 is 0 Å². The summed E-state index contributed by atoms with van der Waals surface area (Å²) in [6, 6.07) is 5.66. The molecule has 1 saturated heterocycles.